The third-order valence-corrected chi connectivity index (χ3v) is 2.33. The third kappa shape index (κ3) is 2.05. The Kier molecular flexibility index (Phi) is 3.61. The van der Waals surface area contributed by atoms with Crippen molar-refractivity contribution < 1.29 is 29.0 Å². The van der Waals surface area contributed by atoms with Gasteiger partial charge in [0.15, 0.2) is 5.54 Å². The van der Waals surface area contributed by atoms with E-state index >= 15 is 0 Å². The molecule has 2 amide bonds. The number of hydrogen-bond acceptors (Lipinski definition) is 5. The highest BCUT2D eigenvalue weighted by Crippen LogP contribution is 2.19. The van der Waals surface area contributed by atoms with E-state index in [0.717, 1.165) is 0 Å². The highest BCUT2D eigenvalue weighted by molar-refractivity contribution is 6.03. The molecule has 0 aromatic heterocycles. The summed E-state index contributed by atoms with van der Waals surface area (Å²) in [4.78, 5) is 34.8. The molecule has 1 saturated heterocycles. The van der Waals surface area contributed by atoms with E-state index < -0.39 is 23.3 Å². The van der Waals surface area contributed by atoms with Gasteiger partial charge in [-0.1, -0.05) is 0 Å². The molecule has 0 aliphatic carbocycles. The fraction of sp³-hybridized carbons (Fsp3) is 0.667. The quantitative estimate of drug-likeness (QED) is 0.615. The summed E-state index contributed by atoms with van der Waals surface area (Å²) in [7, 11) is 1.30. The van der Waals surface area contributed by atoms with E-state index in [9.17, 15) is 14.4 Å². The number of aliphatic carboxylic acids is 1. The Bertz CT molecular complexity index is 312. The SMILES string of the molecule is COCC(C)(C(=O)O)N1C(=O)COCC1=O. The maximum Gasteiger partial charge on any atom is 0.332 e. The number of carboxylic acid groups (broad SMARTS) is 1. The number of methoxy groups -OCH3 is 1. The predicted octanol–water partition coefficient (Wildman–Crippen LogP) is -1.14. The fourth-order valence-electron chi connectivity index (χ4n) is 1.55. The molecule has 0 spiro atoms. The molecule has 1 heterocycles. The Morgan fingerprint density at radius 1 is 1.50 bits per heavy atom. The lowest BCUT2D eigenvalue weighted by atomic mass is 10.0. The smallest absolute Gasteiger partial charge is 0.332 e. The normalized spacial score (nSPS) is 20.8. The number of amides is 2. The molecule has 1 N–H and O–H groups in total. The summed E-state index contributed by atoms with van der Waals surface area (Å²) in [6.45, 7) is 0.413. The zero-order chi connectivity index (χ0) is 12.3. The Balaban J connectivity index is 3.04. The summed E-state index contributed by atoms with van der Waals surface area (Å²) >= 11 is 0. The number of imide groups is 1. The first-order chi connectivity index (χ1) is 7.43. The van der Waals surface area contributed by atoms with Crippen LogP contribution in [0.25, 0.3) is 0 Å². The summed E-state index contributed by atoms with van der Waals surface area (Å²) < 4.78 is 9.45. The Morgan fingerprint density at radius 2 is 2.00 bits per heavy atom. The molecular weight excluding hydrogens is 218 g/mol. The van der Waals surface area contributed by atoms with Crippen LogP contribution in [0.15, 0.2) is 0 Å². The average molecular weight is 231 g/mol. The number of carbonyl (C=O) groups excluding carboxylic acids is 2. The van der Waals surface area contributed by atoms with E-state index in [-0.39, 0.29) is 19.8 Å². The minimum Gasteiger partial charge on any atom is -0.479 e. The molecule has 1 rings (SSSR count). The molecule has 0 radical (unpaired) electrons. The molecule has 90 valence electrons. The Labute approximate surface area is 91.9 Å². The predicted molar refractivity (Wildman–Crippen MR) is 50.6 cm³/mol. The monoisotopic (exact) mass is 231 g/mol. The number of ether oxygens (including phenoxy) is 2. The van der Waals surface area contributed by atoms with E-state index in [2.05, 4.69) is 0 Å². The molecule has 0 aromatic rings. The van der Waals surface area contributed by atoms with Gasteiger partial charge < -0.3 is 14.6 Å². The zero-order valence-corrected chi connectivity index (χ0v) is 9.06. The van der Waals surface area contributed by atoms with Gasteiger partial charge in [0, 0.05) is 7.11 Å². The molecular formula is C9H13NO6. The van der Waals surface area contributed by atoms with Crippen LogP contribution in [0.4, 0.5) is 0 Å². The number of hydrogen-bond donors (Lipinski definition) is 1. The lowest BCUT2D eigenvalue weighted by molar-refractivity contribution is -0.178. The van der Waals surface area contributed by atoms with Crippen molar-refractivity contribution >= 4 is 17.8 Å². The molecule has 1 fully saturated rings. The van der Waals surface area contributed by atoms with E-state index in [1.54, 1.807) is 0 Å². The van der Waals surface area contributed by atoms with Crippen molar-refractivity contribution in [2.75, 3.05) is 26.9 Å². The highest BCUT2D eigenvalue weighted by Gasteiger charge is 2.47. The van der Waals surface area contributed by atoms with Crippen molar-refractivity contribution in [2.24, 2.45) is 0 Å². The van der Waals surface area contributed by atoms with Crippen molar-refractivity contribution in [3.63, 3.8) is 0 Å². The minimum atomic E-state index is -1.69. The van der Waals surface area contributed by atoms with Crippen LogP contribution >= 0.6 is 0 Å². The first-order valence-corrected chi connectivity index (χ1v) is 4.59. The maximum absolute atomic E-state index is 11.5. The van der Waals surface area contributed by atoms with Crippen LogP contribution in [0.5, 0.6) is 0 Å². The average Bonchev–Trinajstić information content (AvgIpc) is 2.17. The van der Waals surface area contributed by atoms with Crippen molar-refractivity contribution in [2.45, 2.75) is 12.5 Å². The summed E-state index contributed by atoms with van der Waals surface area (Å²) in [6.07, 6.45) is 0. The lowest BCUT2D eigenvalue weighted by Crippen LogP contribution is -2.63. The van der Waals surface area contributed by atoms with Gasteiger partial charge in [0.25, 0.3) is 11.8 Å². The van der Waals surface area contributed by atoms with Crippen molar-refractivity contribution in [3.05, 3.63) is 0 Å². The molecule has 16 heavy (non-hydrogen) atoms. The van der Waals surface area contributed by atoms with Gasteiger partial charge in [-0.05, 0) is 6.92 Å². The molecule has 7 nitrogen and oxygen atoms in total. The van der Waals surface area contributed by atoms with Gasteiger partial charge in [-0.25, -0.2) is 4.79 Å². The van der Waals surface area contributed by atoms with E-state index in [0.29, 0.717) is 4.90 Å². The van der Waals surface area contributed by atoms with Crippen LogP contribution in [0.3, 0.4) is 0 Å². The van der Waals surface area contributed by atoms with Gasteiger partial charge in [0.1, 0.15) is 13.2 Å². The van der Waals surface area contributed by atoms with Crippen molar-refractivity contribution in [1.29, 1.82) is 0 Å². The Hall–Kier alpha value is -1.47. The molecule has 1 unspecified atom stereocenters. The van der Waals surface area contributed by atoms with Crippen LogP contribution < -0.4 is 0 Å². The number of nitrogens with zero attached hydrogens (tertiary/aromatic N) is 1. The maximum atomic E-state index is 11.5. The van der Waals surface area contributed by atoms with Gasteiger partial charge in [0.05, 0.1) is 6.61 Å². The van der Waals surface area contributed by atoms with Gasteiger partial charge in [-0.15, -0.1) is 0 Å². The summed E-state index contributed by atoms with van der Waals surface area (Å²) in [6, 6.07) is 0. The van der Waals surface area contributed by atoms with Crippen LogP contribution in [0.1, 0.15) is 6.92 Å². The summed E-state index contributed by atoms with van der Waals surface area (Å²) in [5.41, 5.74) is -1.69. The largest absolute Gasteiger partial charge is 0.479 e. The second-order valence-electron chi connectivity index (χ2n) is 3.63. The molecule has 1 atom stereocenters. The topological polar surface area (TPSA) is 93.1 Å². The third-order valence-electron chi connectivity index (χ3n) is 2.33. The fourth-order valence-corrected chi connectivity index (χ4v) is 1.55. The first-order valence-electron chi connectivity index (χ1n) is 4.59. The standard InChI is InChI=1S/C9H13NO6/c1-9(5-15-2,8(13)14)10-6(11)3-16-4-7(10)12/h3-5H2,1-2H3,(H,13,14). The number of carbonyl (C=O) groups is 3. The van der Waals surface area contributed by atoms with Crippen LogP contribution in [0.2, 0.25) is 0 Å². The van der Waals surface area contributed by atoms with E-state index in [1.807, 2.05) is 0 Å². The van der Waals surface area contributed by atoms with Gasteiger partial charge in [0.2, 0.25) is 0 Å². The number of morpholine rings is 1. The van der Waals surface area contributed by atoms with Crippen molar-refractivity contribution in [3.8, 4) is 0 Å². The van der Waals surface area contributed by atoms with E-state index in [4.69, 9.17) is 14.6 Å². The van der Waals surface area contributed by atoms with Crippen LogP contribution in [-0.4, -0.2) is 60.3 Å². The lowest BCUT2D eigenvalue weighted by Gasteiger charge is -2.37. The molecule has 0 saturated carbocycles. The van der Waals surface area contributed by atoms with Crippen LogP contribution in [0, 0.1) is 0 Å². The van der Waals surface area contributed by atoms with Gasteiger partial charge in [-0.3, -0.25) is 14.5 Å². The molecule has 1 aliphatic heterocycles. The number of rotatable bonds is 4. The molecule has 0 aromatic carbocycles. The zero-order valence-electron chi connectivity index (χ0n) is 9.06. The second kappa shape index (κ2) is 4.58. The molecule has 7 heteroatoms. The van der Waals surface area contributed by atoms with Crippen LogP contribution in [-0.2, 0) is 23.9 Å². The molecule has 1 aliphatic rings. The van der Waals surface area contributed by atoms with Gasteiger partial charge >= 0.3 is 5.97 Å². The first kappa shape index (κ1) is 12.6. The summed E-state index contributed by atoms with van der Waals surface area (Å²) in [5, 5.41) is 9.08. The second-order valence-corrected chi connectivity index (χ2v) is 3.63. The highest BCUT2D eigenvalue weighted by atomic mass is 16.5. The van der Waals surface area contributed by atoms with Gasteiger partial charge in [-0.2, -0.15) is 0 Å². The molecule has 0 bridgehead atoms. The van der Waals surface area contributed by atoms with Crippen molar-refractivity contribution in [1.82, 2.24) is 4.90 Å². The Morgan fingerprint density at radius 3 is 2.38 bits per heavy atom. The number of carboxylic acids is 1. The minimum absolute atomic E-state index is 0.264. The van der Waals surface area contributed by atoms with E-state index in [1.165, 1.54) is 14.0 Å². The summed E-state index contributed by atoms with van der Waals surface area (Å²) in [5.74, 6) is -2.63.